The van der Waals surface area contributed by atoms with Crippen LogP contribution < -0.4 is 5.32 Å². The number of aromatic nitrogens is 4. The van der Waals surface area contributed by atoms with Crippen LogP contribution in [0.15, 0.2) is 55.0 Å². The second-order valence-electron chi connectivity index (χ2n) is 5.51. The lowest BCUT2D eigenvalue weighted by molar-refractivity contribution is -0.137. The van der Waals surface area contributed by atoms with Gasteiger partial charge in [-0.05, 0) is 29.8 Å². The fourth-order valence-corrected chi connectivity index (χ4v) is 2.24. The van der Waals surface area contributed by atoms with E-state index >= 15 is 0 Å². The molecule has 134 valence electrons. The molecule has 0 aliphatic carbocycles. The molecule has 0 radical (unpaired) electrons. The third kappa shape index (κ3) is 4.44. The van der Waals surface area contributed by atoms with Gasteiger partial charge in [-0.15, -0.1) is 5.10 Å². The number of nitrogens with zero attached hydrogens (tertiary/aromatic N) is 4. The average molecular weight is 361 g/mol. The van der Waals surface area contributed by atoms with Crippen LogP contribution >= 0.6 is 0 Å². The summed E-state index contributed by atoms with van der Waals surface area (Å²) in [6, 6.07) is 8.09. The highest BCUT2D eigenvalue weighted by atomic mass is 19.4. The number of hydrogen-bond acceptors (Lipinski definition) is 4. The first kappa shape index (κ1) is 17.6. The van der Waals surface area contributed by atoms with Gasteiger partial charge in [0.05, 0.1) is 36.6 Å². The molecule has 0 aliphatic heterocycles. The average Bonchev–Trinajstić information content (AvgIpc) is 3.09. The number of halogens is 3. The fourth-order valence-electron chi connectivity index (χ4n) is 2.24. The van der Waals surface area contributed by atoms with Crippen molar-refractivity contribution in [3.8, 4) is 5.69 Å². The van der Waals surface area contributed by atoms with Gasteiger partial charge in [-0.2, -0.15) is 13.2 Å². The summed E-state index contributed by atoms with van der Waals surface area (Å²) in [5, 5.41) is 10.6. The van der Waals surface area contributed by atoms with Gasteiger partial charge in [-0.1, -0.05) is 17.3 Å². The molecule has 0 aliphatic rings. The largest absolute Gasteiger partial charge is 0.416 e. The van der Waals surface area contributed by atoms with Crippen molar-refractivity contribution >= 4 is 5.91 Å². The van der Waals surface area contributed by atoms with E-state index in [0.29, 0.717) is 11.3 Å². The molecule has 0 unspecified atom stereocenters. The molecule has 3 aromatic rings. The number of hydrogen-bond donors (Lipinski definition) is 1. The molecule has 6 nitrogen and oxygen atoms in total. The van der Waals surface area contributed by atoms with Crippen molar-refractivity contribution in [3.63, 3.8) is 0 Å². The molecule has 2 aromatic heterocycles. The van der Waals surface area contributed by atoms with Gasteiger partial charge in [0.15, 0.2) is 0 Å². The monoisotopic (exact) mass is 361 g/mol. The molecule has 0 spiro atoms. The minimum Gasteiger partial charge on any atom is -0.350 e. The van der Waals surface area contributed by atoms with Crippen LogP contribution in [-0.2, 0) is 23.9 Å². The van der Waals surface area contributed by atoms with Crippen molar-refractivity contribution in [1.29, 1.82) is 0 Å². The molecule has 0 bridgehead atoms. The quantitative estimate of drug-likeness (QED) is 0.758. The van der Waals surface area contributed by atoms with Crippen LogP contribution in [0.5, 0.6) is 0 Å². The van der Waals surface area contributed by atoms with Crippen molar-refractivity contribution in [3.05, 3.63) is 71.8 Å². The van der Waals surface area contributed by atoms with Gasteiger partial charge in [0.2, 0.25) is 5.91 Å². The zero-order valence-electron chi connectivity index (χ0n) is 13.4. The predicted octanol–water partition coefficient (Wildman–Crippen LogP) is 2.54. The highest BCUT2D eigenvalue weighted by Gasteiger charge is 2.29. The van der Waals surface area contributed by atoms with E-state index < -0.39 is 11.7 Å². The van der Waals surface area contributed by atoms with Gasteiger partial charge >= 0.3 is 6.18 Å². The Balaban J connectivity index is 1.54. The van der Waals surface area contributed by atoms with Crippen LogP contribution in [0.25, 0.3) is 5.69 Å². The van der Waals surface area contributed by atoms with Gasteiger partial charge in [-0.3, -0.25) is 9.78 Å². The molecule has 1 N–H and O–H groups in total. The SMILES string of the molecule is O=C(Cc1ccc(C(F)(F)F)cc1)NCc1cn(-c2cccnc2)nn1. The molecule has 26 heavy (non-hydrogen) atoms. The Kier molecular flexibility index (Phi) is 4.97. The van der Waals surface area contributed by atoms with Gasteiger partial charge in [-0.25, -0.2) is 4.68 Å². The normalized spacial score (nSPS) is 11.3. The number of benzene rings is 1. The highest BCUT2D eigenvalue weighted by molar-refractivity contribution is 5.78. The van der Waals surface area contributed by atoms with E-state index in [4.69, 9.17) is 0 Å². The van der Waals surface area contributed by atoms with E-state index in [1.165, 1.54) is 16.8 Å². The van der Waals surface area contributed by atoms with E-state index in [1.54, 1.807) is 24.7 Å². The van der Waals surface area contributed by atoms with Crippen LogP contribution in [0.4, 0.5) is 13.2 Å². The summed E-state index contributed by atoms with van der Waals surface area (Å²) in [6.07, 6.45) is 0.523. The molecular weight excluding hydrogens is 347 g/mol. The lowest BCUT2D eigenvalue weighted by Crippen LogP contribution is -2.24. The Morgan fingerprint density at radius 1 is 1.15 bits per heavy atom. The third-order valence-electron chi connectivity index (χ3n) is 3.56. The molecule has 1 amide bonds. The second-order valence-corrected chi connectivity index (χ2v) is 5.51. The lowest BCUT2D eigenvalue weighted by atomic mass is 10.1. The van der Waals surface area contributed by atoms with Crippen LogP contribution in [0.2, 0.25) is 0 Å². The number of nitrogens with one attached hydrogen (secondary N) is 1. The second kappa shape index (κ2) is 7.34. The Labute approximate surface area is 146 Å². The fraction of sp³-hybridized carbons (Fsp3) is 0.176. The molecule has 0 fully saturated rings. The standard InChI is InChI=1S/C17H14F3N5O/c18-17(19,20)13-5-3-12(4-6-13)8-16(26)22-9-14-11-25(24-23-14)15-2-1-7-21-10-15/h1-7,10-11H,8-9H2,(H,22,26). The van der Waals surface area contributed by atoms with Crippen molar-refractivity contribution < 1.29 is 18.0 Å². The maximum atomic E-state index is 12.5. The minimum atomic E-state index is -4.39. The smallest absolute Gasteiger partial charge is 0.350 e. The Morgan fingerprint density at radius 2 is 1.92 bits per heavy atom. The zero-order valence-corrected chi connectivity index (χ0v) is 13.4. The molecule has 2 heterocycles. The van der Waals surface area contributed by atoms with Crippen LogP contribution in [0.3, 0.4) is 0 Å². The van der Waals surface area contributed by atoms with Crippen molar-refractivity contribution in [2.45, 2.75) is 19.1 Å². The van der Waals surface area contributed by atoms with E-state index in [2.05, 4.69) is 20.6 Å². The van der Waals surface area contributed by atoms with Crippen molar-refractivity contribution in [2.24, 2.45) is 0 Å². The van der Waals surface area contributed by atoms with Gasteiger partial charge < -0.3 is 5.32 Å². The predicted molar refractivity (Wildman–Crippen MR) is 86.1 cm³/mol. The van der Waals surface area contributed by atoms with Crippen molar-refractivity contribution in [1.82, 2.24) is 25.3 Å². The number of alkyl halides is 3. The summed E-state index contributed by atoms with van der Waals surface area (Å²) in [4.78, 5) is 15.9. The molecule has 3 rings (SSSR count). The highest BCUT2D eigenvalue weighted by Crippen LogP contribution is 2.29. The summed E-state index contributed by atoms with van der Waals surface area (Å²) in [5.41, 5.74) is 1.04. The summed E-state index contributed by atoms with van der Waals surface area (Å²) >= 11 is 0. The van der Waals surface area contributed by atoms with Crippen LogP contribution in [0.1, 0.15) is 16.8 Å². The Morgan fingerprint density at radius 3 is 2.58 bits per heavy atom. The molecule has 1 aromatic carbocycles. The van der Waals surface area contributed by atoms with Gasteiger partial charge in [0.25, 0.3) is 0 Å². The molecular formula is C17H14F3N5O. The van der Waals surface area contributed by atoms with E-state index in [-0.39, 0.29) is 18.9 Å². The molecule has 9 heteroatoms. The topological polar surface area (TPSA) is 72.7 Å². The summed E-state index contributed by atoms with van der Waals surface area (Å²) < 4.78 is 39.1. The summed E-state index contributed by atoms with van der Waals surface area (Å²) in [6.45, 7) is 0.166. The van der Waals surface area contributed by atoms with Crippen molar-refractivity contribution in [2.75, 3.05) is 0 Å². The first-order chi connectivity index (χ1) is 12.4. The first-order valence-electron chi connectivity index (χ1n) is 7.66. The molecule has 0 saturated heterocycles. The van der Waals surface area contributed by atoms with Crippen LogP contribution in [0, 0.1) is 0 Å². The summed E-state index contributed by atoms with van der Waals surface area (Å²) in [5.74, 6) is -0.319. The Bertz CT molecular complexity index is 875. The maximum absolute atomic E-state index is 12.5. The van der Waals surface area contributed by atoms with E-state index in [0.717, 1.165) is 17.8 Å². The van der Waals surface area contributed by atoms with E-state index in [1.807, 2.05) is 6.07 Å². The number of rotatable bonds is 5. The maximum Gasteiger partial charge on any atom is 0.416 e. The summed E-state index contributed by atoms with van der Waals surface area (Å²) in [7, 11) is 0. The number of pyridine rings is 1. The molecule has 0 atom stereocenters. The number of carbonyl (C=O) groups excluding carboxylic acids is 1. The minimum absolute atomic E-state index is 0.0190. The number of carbonyl (C=O) groups is 1. The van der Waals surface area contributed by atoms with Gasteiger partial charge in [0.1, 0.15) is 5.69 Å². The molecule has 0 saturated carbocycles. The lowest BCUT2D eigenvalue weighted by Gasteiger charge is -2.07. The first-order valence-corrected chi connectivity index (χ1v) is 7.66. The third-order valence-corrected chi connectivity index (χ3v) is 3.56. The zero-order chi connectivity index (χ0) is 18.6. The van der Waals surface area contributed by atoms with Crippen LogP contribution in [-0.4, -0.2) is 25.9 Å². The Hall–Kier alpha value is -3.23. The van der Waals surface area contributed by atoms with Gasteiger partial charge in [0, 0.05) is 6.20 Å². The van der Waals surface area contributed by atoms with E-state index in [9.17, 15) is 18.0 Å². The number of amides is 1.